The van der Waals surface area contributed by atoms with Crippen molar-refractivity contribution in [3.63, 3.8) is 0 Å². The lowest BCUT2D eigenvalue weighted by molar-refractivity contribution is 0.219. The summed E-state index contributed by atoms with van der Waals surface area (Å²) in [6.07, 6.45) is 0. The first-order valence-corrected chi connectivity index (χ1v) is 11.8. The Hall–Kier alpha value is -1.45. The number of benzene rings is 2. The summed E-state index contributed by atoms with van der Waals surface area (Å²) in [7, 11) is 0.874. The number of nitrogens with one attached hydrogen (secondary N) is 2. The van der Waals surface area contributed by atoms with Crippen LogP contribution in [-0.4, -0.2) is 54.0 Å². The van der Waals surface area contributed by atoms with Crippen LogP contribution in [-0.2, 0) is 16.6 Å². The average molecular weight is 543 g/mol. The van der Waals surface area contributed by atoms with Gasteiger partial charge in [-0.05, 0) is 24.2 Å². The van der Waals surface area contributed by atoms with E-state index < -0.39 is 10.8 Å². The number of nitrogens with zero attached hydrogens (tertiary/aromatic N) is 2. The lowest BCUT2D eigenvalue weighted by Crippen LogP contribution is -2.44. The number of aliphatic imine (C=N–C) groups is 1. The molecule has 0 amide bonds. The van der Waals surface area contributed by atoms with Crippen LogP contribution in [0.15, 0.2) is 65.7 Å². The number of hydrogen-bond donors (Lipinski definition) is 2. The first kappa shape index (κ1) is 26.6. The van der Waals surface area contributed by atoms with Gasteiger partial charge < -0.3 is 10.6 Å². The third-order valence-corrected chi connectivity index (χ3v) is 6.23. The Bertz CT molecular complexity index is 754. The van der Waals surface area contributed by atoms with Gasteiger partial charge in [0.1, 0.15) is 0 Å². The number of halogens is 1. The summed E-state index contributed by atoms with van der Waals surface area (Å²) in [4.78, 5) is 6.76. The fraction of sp³-hybridized carbons (Fsp3) is 0.435. The molecule has 30 heavy (non-hydrogen) atoms. The van der Waals surface area contributed by atoms with Crippen molar-refractivity contribution in [1.29, 1.82) is 0 Å². The van der Waals surface area contributed by atoms with E-state index in [-0.39, 0.29) is 30.0 Å². The maximum absolute atomic E-state index is 12.3. The topological polar surface area (TPSA) is 56.7 Å². The molecule has 0 fully saturated rings. The molecule has 166 valence electrons. The van der Waals surface area contributed by atoms with Crippen molar-refractivity contribution in [2.75, 3.05) is 39.0 Å². The molecule has 2 unspecified atom stereocenters. The van der Waals surface area contributed by atoms with Gasteiger partial charge in [-0.1, -0.05) is 74.5 Å². The molecule has 0 saturated carbocycles. The normalized spacial score (nSPS) is 13.4. The molecule has 0 radical (unpaired) electrons. The maximum atomic E-state index is 12.3. The molecule has 0 saturated heterocycles. The molecular formula is C23H35IN4OS. The van der Waals surface area contributed by atoms with Crippen molar-refractivity contribution in [2.45, 2.75) is 25.6 Å². The van der Waals surface area contributed by atoms with Crippen LogP contribution in [0.25, 0.3) is 0 Å². The molecule has 2 N–H and O–H groups in total. The largest absolute Gasteiger partial charge is 0.355 e. The van der Waals surface area contributed by atoms with E-state index in [9.17, 15) is 4.21 Å². The second-order valence-corrected chi connectivity index (χ2v) is 8.38. The third kappa shape index (κ3) is 9.14. The Morgan fingerprint density at radius 1 is 1.00 bits per heavy atom. The van der Waals surface area contributed by atoms with E-state index in [0.717, 1.165) is 31.2 Å². The van der Waals surface area contributed by atoms with E-state index in [2.05, 4.69) is 58.6 Å². The predicted molar refractivity (Wildman–Crippen MR) is 140 cm³/mol. The zero-order valence-electron chi connectivity index (χ0n) is 18.2. The molecule has 2 aromatic rings. The molecule has 2 rings (SSSR count). The Morgan fingerprint density at radius 3 is 2.17 bits per heavy atom. The lowest BCUT2D eigenvalue weighted by atomic mass is 10.1. The van der Waals surface area contributed by atoms with Crippen molar-refractivity contribution in [1.82, 2.24) is 15.5 Å². The van der Waals surface area contributed by atoms with E-state index in [1.807, 2.05) is 36.4 Å². The second kappa shape index (κ2) is 15.4. The van der Waals surface area contributed by atoms with Gasteiger partial charge in [-0.15, -0.1) is 24.0 Å². The summed E-state index contributed by atoms with van der Waals surface area (Å²) in [5.41, 5.74) is 2.40. The lowest BCUT2D eigenvalue weighted by Gasteiger charge is -2.30. The van der Waals surface area contributed by atoms with Gasteiger partial charge in [0.25, 0.3) is 0 Å². The number of hydrogen-bond acceptors (Lipinski definition) is 3. The van der Waals surface area contributed by atoms with Crippen LogP contribution < -0.4 is 10.6 Å². The van der Waals surface area contributed by atoms with Gasteiger partial charge in [-0.2, -0.15) is 0 Å². The molecule has 0 aromatic heterocycles. The molecule has 0 bridgehead atoms. The van der Waals surface area contributed by atoms with Crippen LogP contribution in [0.5, 0.6) is 0 Å². The van der Waals surface area contributed by atoms with Gasteiger partial charge in [0.05, 0.1) is 6.04 Å². The fourth-order valence-electron chi connectivity index (χ4n) is 3.33. The van der Waals surface area contributed by atoms with E-state index in [1.54, 1.807) is 7.05 Å². The zero-order chi connectivity index (χ0) is 20.9. The SMILES string of the molecule is CCN(CC)C(CNC(=NC)NCCS(=O)Cc1ccccc1)c1ccccc1.I. The minimum absolute atomic E-state index is 0. The number of likely N-dealkylation sites (N-methyl/N-ethyl adjacent to an activating group) is 1. The number of guanidine groups is 1. The van der Waals surface area contributed by atoms with Crippen molar-refractivity contribution >= 4 is 40.7 Å². The van der Waals surface area contributed by atoms with Gasteiger partial charge in [0.15, 0.2) is 5.96 Å². The molecule has 7 heteroatoms. The Kier molecular flexibility index (Phi) is 13.6. The van der Waals surface area contributed by atoms with Gasteiger partial charge in [-0.3, -0.25) is 14.1 Å². The minimum Gasteiger partial charge on any atom is -0.355 e. The molecular weight excluding hydrogens is 507 g/mol. The molecule has 0 aliphatic carbocycles. The number of rotatable bonds is 11. The summed E-state index contributed by atoms with van der Waals surface area (Å²) < 4.78 is 12.3. The zero-order valence-corrected chi connectivity index (χ0v) is 21.4. The van der Waals surface area contributed by atoms with Crippen molar-refractivity contribution in [3.8, 4) is 0 Å². The molecule has 0 aliphatic heterocycles. The maximum Gasteiger partial charge on any atom is 0.191 e. The van der Waals surface area contributed by atoms with Gasteiger partial charge in [0, 0.05) is 42.4 Å². The van der Waals surface area contributed by atoms with Crippen LogP contribution in [0.3, 0.4) is 0 Å². The van der Waals surface area contributed by atoms with Gasteiger partial charge in [0.2, 0.25) is 0 Å². The van der Waals surface area contributed by atoms with E-state index in [4.69, 9.17) is 0 Å². The van der Waals surface area contributed by atoms with E-state index in [1.165, 1.54) is 5.56 Å². The van der Waals surface area contributed by atoms with Crippen LogP contribution in [0.4, 0.5) is 0 Å². The van der Waals surface area contributed by atoms with Crippen molar-refractivity contribution < 1.29 is 4.21 Å². The molecule has 0 spiro atoms. The molecule has 2 aromatic carbocycles. The van der Waals surface area contributed by atoms with Crippen LogP contribution in [0.1, 0.15) is 31.0 Å². The monoisotopic (exact) mass is 542 g/mol. The molecule has 5 nitrogen and oxygen atoms in total. The summed E-state index contributed by atoms with van der Waals surface area (Å²) in [5, 5.41) is 6.73. The molecule has 0 aliphatic rings. The average Bonchev–Trinajstić information content (AvgIpc) is 2.76. The summed E-state index contributed by atoms with van der Waals surface area (Å²) in [6.45, 7) is 7.74. The molecule has 2 atom stereocenters. The van der Waals surface area contributed by atoms with Crippen LogP contribution in [0, 0.1) is 0 Å². The highest BCUT2D eigenvalue weighted by Gasteiger charge is 2.18. The predicted octanol–water partition coefficient (Wildman–Crippen LogP) is 3.80. The first-order valence-electron chi connectivity index (χ1n) is 10.3. The van der Waals surface area contributed by atoms with E-state index >= 15 is 0 Å². The third-order valence-electron chi connectivity index (χ3n) is 4.92. The Morgan fingerprint density at radius 2 is 1.60 bits per heavy atom. The van der Waals surface area contributed by atoms with E-state index in [0.29, 0.717) is 18.1 Å². The van der Waals surface area contributed by atoms with Gasteiger partial charge in [-0.25, -0.2) is 0 Å². The Labute approximate surface area is 201 Å². The van der Waals surface area contributed by atoms with Gasteiger partial charge >= 0.3 is 0 Å². The van der Waals surface area contributed by atoms with Crippen LogP contribution in [0.2, 0.25) is 0 Å². The highest BCUT2D eigenvalue weighted by molar-refractivity contribution is 14.0. The van der Waals surface area contributed by atoms with Crippen molar-refractivity contribution in [3.05, 3.63) is 71.8 Å². The second-order valence-electron chi connectivity index (χ2n) is 6.80. The standard InChI is InChI=1S/C23H34N4OS.HI/c1-4-27(5-2)22(21-14-10-7-11-15-21)18-26-23(24-3)25-16-17-29(28)19-20-12-8-6-9-13-20;/h6-15,22H,4-5,16-19H2,1-3H3,(H2,24,25,26);1H. The van der Waals surface area contributed by atoms with Crippen LogP contribution >= 0.6 is 24.0 Å². The summed E-state index contributed by atoms with van der Waals surface area (Å²) >= 11 is 0. The highest BCUT2D eigenvalue weighted by atomic mass is 127. The minimum atomic E-state index is -0.896. The first-order chi connectivity index (χ1) is 14.2. The Balaban J connectivity index is 0.00000450. The fourth-order valence-corrected chi connectivity index (χ4v) is 4.37. The smallest absolute Gasteiger partial charge is 0.191 e. The highest BCUT2D eigenvalue weighted by Crippen LogP contribution is 2.19. The van der Waals surface area contributed by atoms with Crippen molar-refractivity contribution in [2.24, 2.45) is 4.99 Å². The molecule has 0 heterocycles. The summed E-state index contributed by atoms with van der Waals surface area (Å²) in [5.74, 6) is 1.93. The summed E-state index contributed by atoms with van der Waals surface area (Å²) in [6, 6.07) is 20.8. The quantitative estimate of drug-likeness (QED) is 0.258.